The minimum atomic E-state index is -1.07. The number of imidazole rings is 1. The van der Waals surface area contributed by atoms with E-state index in [9.17, 15) is 19.5 Å². The fourth-order valence-corrected chi connectivity index (χ4v) is 4.42. The molecule has 0 saturated carbocycles. The maximum absolute atomic E-state index is 15.4. The van der Waals surface area contributed by atoms with Crippen molar-refractivity contribution >= 4 is 29.4 Å². The lowest BCUT2D eigenvalue weighted by Crippen LogP contribution is -2.45. The second-order valence-corrected chi connectivity index (χ2v) is 8.44. The standard InChI is InChI=1S/C23H21F2N5O5/c1-12-2-3-29-17(9-14-11-28(23(33)34)4-5-35-14)21(27-18(29)6-12)20-15(24)7-13(8-16(20)25)30-19(31)10-26-22(30)32/h2-3,6-8,14H,4-5,9-11H2,1H3,(H,26,32)(H,33,34)/t14-/m0/s1. The van der Waals surface area contributed by atoms with Gasteiger partial charge in [0.1, 0.15) is 17.3 Å². The molecule has 0 bridgehead atoms. The van der Waals surface area contributed by atoms with E-state index in [2.05, 4.69) is 10.3 Å². The largest absolute Gasteiger partial charge is 0.465 e. The number of nitrogens with zero attached hydrogens (tertiary/aromatic N) is 4. The molecule has 182 valence electrons. The zero-order valence-electron chi connectivity index (χ0n) is 18.6. The quantitative estimate of drug-likeness (QED) is 0.549. The van der Waals surface area contributed by atoms with Crippen molar-refractivity contribution in [3.8, 4) is 11.3 Å². The van der Waals surface area contributed by atoms with Crippen molar-refractivity contribution in [2.24, 2.45) is 0 Å². The summed E-state index contributed by atoms with van der Waals surface area (Å²) in [5, 5.41) is 11.6. The smallest absolute Gasteiger partial charge is 0.407 e. The number of carbonyl (C=O) groups excluding carboxylic acids is 2. The number of rotatable bonds is 4. The number of hydrogen-bond donors (Lipinski definition) is 2. The van der Waals surface area contributed by atoms with Crippen molar-refractivity contribution in [1.29, 1.82) is 0 Å². The normalized spacial score (nSPS) is 18.4. The highest BCUT2D eigenvalue weighted by Gasteiger charge is 2.33. The molecule has 0 aliphatic carbocycles. The highest BCUT2D eigenvalue weighted by Crippen LogP contribution is 2.34. The molecule has 2 aromatic heterocycles. The summed E-state index contributed by atoms with van der Waals surface area (Å²) in [5.41, 5.74) is 1.18. The van der Waals surface area contributed by atoms with Gasteiger partial charge < -0.3 is 24.5 Å². The highest BCUT2D eigenvalue weighted by atomic mass is 19.1. The number of nitrogens with one attached hydrogen (secondary N) is 1. The van der Waals surface area contributed by atoms with E-state index in [1.165, 1.54) is 4.90 Å². The van der Waals surface area contributed by atoms with Gasteiger partial charge >= 0.3 is 12.1 Å². The third kappa shape index (κ3) is 4.05. The second-order valence-electron chi connectivity index (χ2n) is 8.44. The average molecular weight is 485 g/mol. The Hall–Kier alpha value is -4.06. The van der Waals surface area contributed by atoms with Crippen molar-refractivity contribution in [3.63, 3.8) is 0 Å². The predicted octanol–water partition coefficient (Wildman–Crippen LogP) is 2.57. The number of imide groups is 1. The molecular formula is C23H21F2N5O5. The number of halogens is 2. The molecule has 5 rings (SSSR count). The zero-order valence-corrected chi connectivity index (χ0v) is 18.6. The minimum absolute atomic E-state index is 0.0328. The van der Waals surface area contributed by atoms with Gasteiger partial charge in [0, 0.05) is 19.2 Å². The lowest BCUT2D eigenvalue weighted by Gasteiger charge is -2.31. The number of ether oxygens (including phenoxy) is 1. The van der Waals surface area contributed by atoms with Gasteiger partial charge in [-0.15, -0.1) is 0 Å². The molecule has 2 saturated heterocycles. The molecule has 1 aromatic carbocycles. The van der Waals surface area contributed by atoms with E-state index in [0.29, 0.717) is 16.2 Å². The van der Waals surface area contributed by atoms with Crippen LogP contribution in [0.4, 0.5) is 24.1 Å². The maximum Gasteiger partial charge on any atom is 0.407 e. The first-order valence-electron chi connectivity index (χ1n) is 10.9. The van der Waals surface area contributed by atoms with Crippen LogP contribution in [0, 0.1) is 18.6 Å². The third-order valence-electron chi connectivity index (χ3n) is 6.08. The van der Waals surface area contributed by atoms with Crippen molar-refractivity contribution < 1.29 is 33.0 Å². The van der Waals surface area contributed by atoms with Crippen LogP contribution in [-0.2, 0) is 16.0 Å². The Labute approximate surface area is 197 Å². The third-order valence-corrected chi connectivity index (χ3v) is 6.08. The molecule has 2 aliphatic heterocycles. The molecule has 12 heteroatoms. The van der Waals surface area contributed by atoms with Crippen LogP contribution in [-0.4, -0.2) is 69.8 Å². The van der Waals surface area contributed by atoms with Crippen LogP contribution < -0.4 is 10.2 Å². The van der Waals surface area contributed by atoms with Crippen LogP contribution in [0.1, 0.15) is 11.3 Å². The topological polar surface area (TPSA) is 116 Å². The fraction of sp³-hybridized carbons (Fsp3) is 0.304. The van der Waals surface area contributed by atoms with Crippen LogP contribution in [0.5, 0.6) is 0 Å². The van der Waals surface area contributed by atoms with Crippen molar-refractivity contribution in [2.45, 2.75) is 19.4 Å². The van der Waals surface area contributed by atoms with Crippen molar-refractivity contribution in [2.75, 3.05) is 31.1 Å². The minimum Gasteiger partial charge on any atom is -0.465 e. The van der Waals surface area contributed by atoms with Gasteiger partial charge in [0.2, 0.25) is 0 Å². The number of anilines is 1. The van der Waals surface area contributed by atoms with Crippen LogP contribution in [0.2, 0.25) is 0 Å². The average Bonchev–Trinajstić information content (AvgIpc) is 3.32. The first-order valence-corrected chi connectivity index (χ1v) is 10.9. The van der Waals surface area contributed by atoms with E-state index in [0.717, 1.165) is 17.7 Å². The first-order chi connectivity index (χ1) is 16.7. The molecule has 0 radical (unpaired) electrons. The lowest BCUT2D eigenvalue weighted by molar-refractivity contribution is -0.115. The van der Waals surface area contributed by atoms with Crippen LogP contribution in [0.15, 0.2) is 30.5 Å². The van der Waals surface area contributed by atoms with Gasteiger partial charge in [0.25, 0.3) is 5.91 Å². The number of hydrogen-bond acceptors (Lipinski definition) is 5. The highest BCUT2D eigenvalue weighted by molar-refractivity contribution is 6.19. The van der Waals surface area contributed by atoms with Gasteiger partial charge in [-0.1, -0.05) is 0 Å². The predicted molar refractivity (Wildman–Crippen MR) is 119 cm³/mol. The summed E-state index contributed by atoms with van der Waals surface area (Å²) >= 11 is 0. The van der Waals surface area contributed by atoms with Crippen molar-refractivity contribution in [1.82, 2.24) is 19.6 Å². The molecule has 2 fully saturated rings. The molecule has 1 atom stereocenters. The number of morpholine rings is 1. The van der Waals surface area contributed by atoms with Crippen LogP contribution in [0.25, 0.3) is 16.9 Å². The van der Waals surface area contributed by atoms with E-state index in [-0.39, 0.29) is 44.0 Å². The van der Waals surface area contributed by atoms with Gasteiger partial charge in [-0.25, -0.2) is 28.3 Å². The Morgan fingerprint density at radius 1 is 1.26 bits per heavy atom. The number of aromatic nitrogens is 2. The summed E-state index contributed by atoms with van der Waals surface area (Å²) in [7, 11) is 0. The van der Waals surface area contributed by atoms with E-state index >= 15 is 8.78 Å². The zero-order chi connectivity index (χ0) is 24.9. The molecule has 10 nitrogen and oxygen atoms in total. The van der Waals surface area contributed by atoms with Gasteiger partial charge in [-0.2, -0.15) is 0 Å². The summed E-state index contributed by atoms with van der Waals surface area (Å²) in [6.07, 6.45) is 0.263. The SMILES string of the molecule is Cc1ccn2c(C[C@H]3CN(C(=O)O)CCO3)c(-c3c(F)cc(N4C(=O)CNC4=O)cc3F)nc2c1. The number of benzene rings is 1. The number of carboxylic acid groups (broad SMARTS) is 1. The van der Waals surface area contributed by atoms with E-state index in [1.54, 1.807) is 16.7 Å². The number of aryl methyl sites for hydroxylation is 1. The maximum atomic E-state index is 15.4. The number of pyridine rings is 1. The molecule has 35 heavy (non-hydrogen) atoms. The number of urea groups is 1. The summed E-state index contributed by atoms with van der Waals surface area (Å²) in [4.78, 5) is 41.7. The van der Waals surface area contributed by atoms with Crippen molar-refractivity contribution in [3.05, 3.63) is 53.4 Å². The number of fused-ring (bicyclic) bond motifs is 1. The first kappa shape index (κ1) is 22.7. The fourth-order valence-electron chi connectivity index (χ4n) is 4.42. The Bertz CT molecular complexity index is 1330. The van der Waals surface area contributed by atoms with Crippen LogP contribution >= 0.6 is 0 Å². The van der Waals surface area contributed by atoms with E-state index in [4.69, 9.17) is 4.74 Å². The summed E-state index contributed by atoms with van der Waals surface area (Å²) in [6, 6.07) is 4.66. The lowest BCUT2D eigenvalue weighted by atomic mass is 10.0. The number of amides is 4. The summed E-state index contributed by atoms with van der Waals surface area (Å²) < 4.78 is 38.2. The second kappa shape index (κ2) is 8.62. The monoisotopic (exact) mass is 485 g/mol. The molecule has 2 aliphatic rings. The Morgan fingerprint density at radius 3 is 2.66 bits per heavy atom. The van der Waals surface area contributed by atoms with Gasteiger partial charge in [0.05, 0.1) is 48.4 Å². The van der Waals surface area contributed by atoms with Gasteiger partial charge in [-0.3, -0.25) is 4.79 Å². The Morgan fingerprint density at radius 2 is 2.00 bits per heavy atom. The summed E-state index contributed by atoms with van der Waals surface area (Å²) in [6.45, 7) is 2.14. The Kier molecular flexibility index (Phi) is 5.59. The molecular weight excluding hydrogens is 464 g/mol. The van der Waals surface area contributed by atoms with Crippen LogP contribution in [0.3, 0.4) is 0 Å². The Balaban J connectivity index is 1.59. The van der Waals surface area contributed by atoms with E-state index < -0.39 is 41.3 Å². The summed E-state index contributed by atoms with van der Waals surface area (Å²) in [5.74, 6) is -2.61. The van der Waals surface area contributed by atoms with Gasteiger partial charge in [-0.05, 0) is 36.8 Å². The molecule has 0 unspecified atom stereocenters. The molecule has 4 amide bonds. The number of carbonyl (C=O) groups is 3. The van der Waals surface area contributed by atoms with Gasteiger partial charge in [0.15, 0.2) is 0 Å². The molecule has 3 aromatic rings. The molecule has 4 heterocycles. The van der Waals surface area contributed by atoms with E-state index in [1.807, 2.05) is 13.0 Å². The molecule has 2 N–H and O–H groups in total. The molecule has 0 spiro atoms.